The predicted molar refractivity (Wildman–Crippen MR) is 102 cm³/mol. The van der Waals surface area contributed by atoms with E-state index in [-0.39, 0.29) is 53.6 Å². The zero-order valence-corrected chi connectivity index (χ0v) is 16.3. The monoisotopic (exact) mass is 387 g/mol. The Balaban J connectivity index is 1.55. The maximum Gasteiger partial charge on any atom is 0.258 e. The Morgan fingerprint density at radius 2 is 2.18 bits per heavy atom. The third-order valence-corrected chi connectivity index (χ3v) is 4.49. The van der Waals surface area contributed by atoms with Crippen molar-refractivity contribution in [1.29, 1.82) is 0 Å². The van der Waals surface area contributed by atoms with Crippen LogP contribution in [-0.2, 0) is 11.2 Å². The van der Waals surface area contributed by atoms with Crippen LogP contribution in [0.4, 0.5) is 0 Å². The number of benzene rings is 1. The van der Waals surface area contributed by atoms with Crippen molar-refractivity contribution in [1.82, 2.24) is 5.32 Å². The third kappa shape index (κ3) is 4.85. The Hall–Kier alpha value is -2.96. The number of Topliss-reactive ketones (excluding diaryl/α,β-unsaturated/α-hetero) is 1. The van der Waals surface area contributed by atoms with E-state index in [1.54, 1.807) is 20.1 Å². The van der Waals surface area contributed by atoms with Gasteiger partial charge in [-0.05, 0) is 39.3 Å². The Morgan fingerprint density at radius 1 is 1.39 bits per heavy atom. The number of nitrogens with one attached hydrogen (secondary N) is 1. The Morgan fingerprint density at radius 3 is 2.89 bits per heavy atom. The van der Waals surface area contributed by atoms with Crippen LogP contribution in [0.15, 0.2) is 34.9 Å². The first-order valence-electron chi connectivity index (χ1n) is 9.27. The van der Waals surface area contributed by atoms with Crippen molar-refractivity contribution in [2.24, 2.45) is 0 Å². The number of furan rings is 1. The number of rotatable bonds is 7. The third-order valence-electron chi connectivity index (χ3n) is 4.49. The highest BCUT2D eigenvalue weighted by molar-refractivity contribution is 6.03. The Kier molecular flexibility index (Phi) is 5.63. The minimum absolute atomic E-state index is 0.0418. The number of amides is 1. The molecule has 1 aromatic carbocycles. The lowest BCUT2D eigenvalue weighted by Crippen LogP contribution is -2.36. The van der Waals surface area contributed by atoms with Crippen molar-refractivity contribution < 1.29 is 28.6 Å². The number of ketones is 1. The average molecular weight is 387 g/mol. The van der Waals surface area contributed by atoms with Crippen molar-refractivity contribution in [3.05, 3.63) is 41.9 Å². The number of phenolic OH excluding ortho intramolecular Hbond substituents is 1. The summed E-state index contributed by atoms with van der Waals surface area (Å²) in [7, 11) is 0. The van der Waals surface area contributed by atoms with Gasteiger partial charge in [0, 0.05) is 24.6 Å². The molecule has 0 saturated carbocycles. The number of carbonyl (C=O) groups excluding carboxylic acids is 2. The average Bonchev–Trinajstić information content (AvgIpc) is 3.09. The molecule has 28 heavy (non-hydrogen) atoms. The second-order valence-corrected chi connectivity index (χ2v) is 7.65. The van der Waals surface area contributed by atoms with Crippen molar-refractivity contribution in [2.75, 3.05) is 6.61 Å². The molecule has 1 atom stereocenters. The highest BCUT2D eigenvalue weighted by Gasteiger charge is 2.35. The number of aromatic hydroxyl groups is 1. The van der Waals surface area contributed by atoms with Gasteiger partial charge in [0.1, 0.15) is 34.2 Å². The summed E-state index contributed by atoms with van der Waals surface area (Å²) < 4.78 is 16.5. The number of hydrogen-bond acceptors (Lipinski definition) is 6. The normalized spacial score (nSPS) is 16.0. The van der Waals surface area contributed by atoms with Crippen LogP contribution in [-0.4, -0.2) is 35.0 Å². The molecule has 1 aromatic heterocycles. The summed E-state index contributed by atoms with van der Waals surface area (Å²) in [6.07, 6.45) is 3.28. The van der Waals surface area contributed by atoms with Gasteiger partial charge in [0.05, 0.1) is 12.7 Å². The second kappa shape index (κ2) is 7.96. The summed E-state index contributed by atoms with van der Waals surface area (Å²) in [6.45, 7) is 5.31. The Bertz CT molecular complexity index is 856. The topological polar surface area (TPSA) is 98.0 Å². The van der Waals surface area contributed by atoms with E-state index in [0.717, 1.165) is 18.6 Å². The number of phenols is 1. The van der Waals surface area contributed by atoms with E-state index in [2.05, 4.69) is 5.32 Å². The summed E-state index contributed by atoms with van der Waals surface area (Å²) in [5.74, 6) is 0.739. The van der Waals surface area contributed by atoms with E-state index >= 15 is 0 Å². The molecular formula is C21H25NO6. The largest absolute Gasteiger partial charge is 0.507 e. The number of ether oxygens (including phenoxy) is 2. The van der Waals surface area contributed by atoms with Crippen LogP contribution < -0.4 is 14.8 Å². The molecule has 1 unspecified atom stereocenters. The summed E-state index contributed by atoms with van der Waals surface area (Å²) in [6, 6.07) is 6.54. The van der Waals surface area contributed by atoms with Gasteiger partial charge in [-0.25, -0.2) is 0 Å². The van der Waals surface area contributed by atoms with Crippen molar-refractivity contribution in [3.63, 3.8) is 0 Å². The fraction of sp³-hybridized carbons (Fsp3) is 0.429. The maximum atomic E-state index is 12.2. The molecule has 2 aromatic rings. The summed E-state index contributed by atoms with van der Waals surface area (Å²) in [4.78, 5) is 24.3. The minimum atomic E-state index is -0.657. The zero-order valence-electron chi connectivity index (χ0n) is 16.3. The molecule has 1 aliphatic heterocycles. The van der Waals surface area contributed by atoms with Gasteiger partial charge in [0.2, 0.25) is 0 Å². The lowest BCUT2D eigenvalue weighted by molar-refractivity contribution is -0.123. The predicted octanol–water partition coefficient (Wildman–Crippen LogP) is 3.25. The molecule has 0 spiro atoms. The molecule has 0 bridgehead atoms. The van der Waals surface area contributed by atoms with Gasteiger partial charge in [-0.3, -0.25) is 9.59 Å². The van der Waals surface area contributed by atoms with E-state index in [1.807, 2.05) is 19.1 Å². The molecule has 0 saturated heterocycles. The van der Waals surface area contributed by atoms with Crippen molar-refractivity contribution >= 4 is 11.7 Å². The molecule has 0 radical (unpaired) electrons. The van der Waals surface area contributed by atoms with Crippen LogP contribution in [0, 0.1) is 0 Å². The molecular weight excluding hydrogens is 362 g/mol. The molecule has 2 N–H and O–H groups in total. The fourth-order valence-electron chi connectivity index (χ4n) is 3.18. The van der Waals surface area contributed by atoms with Crippen LogP contribution in [0.1, 0.15) is 49.7 Å². The molecule has 0 fully saturated rings. The van der Waals surface area contributed by atoms with E-state index in [1.165, 1.54) is 12.1 Å². The summed E-state index contributed by atoms with van der Waals surface area (Å²) in [5, 5.41) is 13.0. The molecule has 2 heterocycles. The smallest absolute Gasteiger partial charge is 0.258 e. The lowest BCUT2D eigenvalue weighted by Gasteiger charge is -2.32. The lowest BCUT2D eigenvalue weighted by atomic mass is 9.92. The fourth-order valence-corrected chi connectivity index (χ4v) is 3.18. The Labute approximate surface area is 163 Å². The first-order valence-corrected chi connectivity index (χ1v) is 9.27. The first kappa shape index (κ1) is 19.8. The van der Waals surface area contributed by atoms with E-state index < -0.39 is 5.60 Å². The molecule has 0 aliphatic carbocycles. The number of aryl methyl sites for hydroxylation is 1. The van der Waals surface area contributed by atoms with Gasteiger partial charge in [0.15, 0.2) is 12.4 Å². The van der Waals surface area contributed by atoms with Gasteiger partial charge < -0.3 is 24.3 Å². The number of carbonyl (C=O) groups is 2. The van der Waals surface area contributed by atoms with Crippen molar-refractivity contribution in [2.45, 2.75) is 51.7 Å². The second-order valence-electron chi connectivity index (χ2n) is 7.65. The zero-order chi connectivity index (χ0) is 20.3. The molecule has 3 rings (SSSR count). The van der Waals surface area contributed by atoms with E-state index in [9.17, 15) is 14.7 Å². The highest BCUT2D eigenvalue weighted by atomic mass is 16.5. The van der Waals surface area contributed by atoms with Crippen LogP contribution in [0.3, 0.4) is 0 Å². The van der Waals surface area contributed by atoms with Crippen LogP contribution >= 0.6 is 0 Å². The SMILES string of the molecule is CC(CCc1ccco1)NC(=O)COc1cc(O)c2c(c1)OC(C)(C)CC2=O. The van der Waals surface area contributed by atoms with Gasteiger partial charge in [0.25, 0.3) is 5.91 Å². The van der Waals surface area contributed by atoms with E-state index in [4.69, 9.17) is 13.9 Å². The standard InChI is InChI=1S/C21H25NO6/c1-13(6-7-14-5-4-8-26-14)22-19(25)12-27-15-9-16(23)20-17(24)11-21(2,3)28-18(20)10-15/h4-5,8-10,13,23H,6-7,11-12H2,1-3H3,(H,22,25). The van der Waals surface area contributed by atoms with Gasteiger partial charge in [-0.2, -0.15) is 0 Å². The van der Waals surface area contributed by atoms with Crippen LogP contribution in [0.5, 0.6) is 17.2 Å². The summed E-state index contributed by atoms with van der Waals surface area (Å²) >= 11 is 0. The first-order chi connectivity index (χ1) is 13.2. The molecule has 1 amide bonds. The van der Waals surface area contributed by atoms with Gasteiger partial charge >= 0.3 is 0 Å². The van der Waals surface area contributed by atoms with Crippen LogP contribution in [0.2, 0.25) is 0 Å². The molecule has 150 valence electrons. The maximum absolute atomic E-state index is 12.2. The number of fused-ring (bicyclic) bond motifs is 1. The minimum Gasteiger partial charge on any atom is -0.507 e. The van der Waals surface area contributed by atoms with E-state index in [0.29, 0.717) is 0 Å². The quantitative estimate of drug-likeness (QED) is 0.757. The highest BCUT2D eigenvalue weighted by Crippen LogP contribution is 2.40. The number of hydrogen-bond donors (Lipinski definition) is 2. The van der Waals surface area contributed by atoms with Crippen molar-refractivity contribution in [3.8, 4) is 17.2 Å². The molecule has 1 aliphatic rings. The molecule has 7 heteroatoms. The van der Waals surface area contributed by atoms with Gasteiger partial charge in [-0.15, -0.1) is 0 Å². The molecule has 7 nitrogen and oxygen atoms in total. The van der Waals surface area contributed by atoms with Gasteiger partial charge in [-0.1, -0.05) is 0 Å². The summed E-state index contributed by atoms with van der Waals surface area (Å²) in [5.41, 5.74) is -0.502. The van der Waals surface area contributed by atoms with Crippen LogP contribution in [0.25, 0.3) is 0 Å².